The van der Waals surface area contributed by atoms with Gasteiger partial charge in [0.15, 0.2) is 0 Å². The molecular formula is C20H23ClN3O2S+. The van der Waals surface area contributed by atoms with Crippen LogP contribution in [0.2, 0.25) is 5.02 Å². The highest BCUT2D eigenvalue weighted by molar-refractivity contribution is 7.99. The Balaban J connectivity index is 1.83. The van der Waals surface area contributed by atoms with Gasteiger partial charge in [-0.15, -0.1) is 0 Å². The first-order chi connectivity index (χ1) is 12.9. The molecule has 0 atom stereocenters. The predicted octanol–water partition coefficient (Wildman–Crippen LogP) is 2.42. The number of benzene rings is 2. The molecule has 0 spiro atoms. The fourth-order valence-corrected chi connectivity index (χ4v) is 3.95. The lowest BCUT2D eigenvalue weighted by Crippen LogP contribution is -3.12. The highest BCUT2D eigenvalue weighted by Crippen LogP contribution is 2.35. The van der Waals surface area contributed by atoms with Crippen LogP contribution in [0, 0.1) is 0 Å². The van der Waals surface area contributed by atoms with E-state index >= 15 is 0 Å². The monoisotopic (exact) mass is 404 g/mol. The molecule has 1 aliphatic heterocycles. The summed E-state index contributed by atoms with van der Waals surface area (Å²) in [5.41, 5.74) is 1.24. The predicted molar refractivity (Wildman–Crippen MR) is 109 cm³/mol. The number of piperazine rings is 1. The number of likely N-dealkylation sites (N-methyl/N-ethyl adjacent to an activating group) is 1. The van der Waals surface area contributed by atoms with E-state index in [1.807, 2.05) is 41.3 Å². The first-order valence-corrected chi connectivity index (χ1v) is 10.1. The standard InChI is InChI=1S/C20H22ClN3O2S/c1-14(25)22-18-13-15(20(26)24-11-9-23(2)10-12-24)3-8-19(18)27-17-6-4-16(21)5-7-17/h3-8,13H,9-12H2,1-2H3,(H,22,25)/p+1. The van der Waals surface area contributed by atoms with Crippen LogP contribution >= 0.6 is 23.4 Å². The van der Waals surface area contributed by atoms with Crippen LogP contribution in [0.4, 0.5) is 5.69 Å². The van der Waals surface area contributed by atoms with Gasteiger partial charge in [-0.05, 0) is 42.5 Å². The van der Waals surface area contributed by atoms with Crippen LogP contribution in [0.1, 0.15) is 17.3 Å². The lowest BCUT2D eigenvalue weighted by molar-refractivity contribution is -0.883. The summed E-state index contributed by atoms with van der Waals surface area (Å²) in [4.78, 5) is 29.7. The van der Waals surface area contributed by atoms with Crippen molar-refractivity contribution in [3.63, 3.8) is 0 Å². The number of nitrogens with zero attached hydrogens (tertiary/aromatic N) is 1. The van der Waals surface area contributed by atoms with Gasteiger partial charge in [0.05, 0.1) is 38.9 Å². The maximum atomic E-state index is 12.8. The van der Waals surface area contributed by atoms with Gasteiger partial charge in [0, 0.05) is 27.3 Å². The van der Waals surface area contributed by atoms with E-state index < -0.39 is 0 Å². The number of hydrogen-bond acceptors (Lipinski definition) is 3. The van der Waals surface area contributed by atoms with Crippen molar-refractivity contribution in [1.29, 1.82) is 0 Å². The van der Waals surface area contributed by atoms with E-state index in [2.05, 4.69) is 12.4 Å². The van der Waals surface area contributed by atoms with Crippen LogP contribution in [-0.2, 0) is 4.79 Å². The molecule has 1 aliphatic rings. The zero-order chi connectivity index (χ0) is 19.4. The van der Waals surface area contributed by atoms with Crippen LogP contribution in [-0.4, -0.2) is 49.9 Å². The van der Waals surface area contributed by atoms with Gasteiger partial charge in [-0.25, -0.2) is 0 Å². The third-order valence-corrected chi connectivity index (χ3v) is 5.82. The molecule has 3 rings (SSSR count). The first kappa shape index (κ1) is 19.7. The Bertz CT molecular complexity index is 834. The molecule has 0 aromatic heterocycles. The van der Waals surface area contributed by atoms with Crippen molar-refractivity contribution >= 4 is 40.9 Å². The summed E-state index contributed by atoms with van der Waals surface area (Å²) >= 11 is 7.46. The molecule has 2 aromatic rings. The van der Waals surface area contributed by atoms with Crippen molar-refractivity contribution in [2.24, 2.45) is 0 Å². The summed E-state index contributed by atoms with van der Waals surface area (Å²) in [7, 11) is 2.14. The smallest absolute Gasteiger partial charge is 0.254 e. The highest BCUT2D eigenvalue weighted by atomic mass is 35.5. The highest BCUT2D eigenvalue weighted by Gasteiger charge is 2.23. The lowest BCUT2D eigenvalue weighted by Gasteiger charge is -2.30. The minimum absolute atomic E-state index is 0.0112. The Hall–Kier alpha value is -2.02. The fraction of sp³-hybridized carbons (Fsp3) is 0.300. The third-order valence-electron chi connectivity index (χ3n) is 4.48. The van der Waals surface area contributed by atoms with Crippen molar-refractivity contribution in [2.75, 3.05) is 38.5 Å². The molecule has 0 radical (unpaired) electrons. The van der Waals surface area contributed by atoms with Gasteiger partial charge in [0.2, 0.25) is 5.91 Å². The summed E-state index contributed by atoms with van der Waals surface area (Å²) in [6.07, 6.45) is 0. The minimum Gasteiger partial charge on any atom is -0.334 e. The maximum Gasteiger partial charge on any atom is 0.254 e. The molecule has 2 amide bonds. The molecule has 0 unspecified atom stereocenters. The molecule has 0 aliphatic carbocycles. The molecule has 0 saturated carbocycles. The van der Waals surface area contributed by atoms with Crippen molar-refractivity contribution in [3.05, 3.63) is 53.1 Å². The van der Waals surface area contributed by atoms with Crippen LogP contribution in [0.15, 0.2) is 52.3 Å². The minimum atomic E-state index is -0.166. The first-order valence-electron chi connectivity index (χ1n) is 8.88. The van der Waals surface area contributed by atoms with Crippen molar-refractivity contribution in [3.8, 4) is 0 Å². The number of hydrogen-bond donors (Lipinski definition) is 2. The van der Waals surface area contributed by atoms with Crippen molar-refractivity contribution < 1.29 is 14.5 Å². The molecule has 1 saturated heterocycles. The average Bonchev–Trinajstić information content (AvgIpc) is 2.64. The largest absolute Gasteiger partial charge is 0.334 e. The number of rotatable bonds is 4. The van der Waals surface area contributed by atoms with Crippen LogP contribution < -0.4 is 10.2 Å². The fourth-order valence-electron chi connectivity index (χ4n) is 2.94. The molecule has 7 heteroatoms. The van der Waals surface area contributed by atoms with E-state index in [9.17, 15) is 9.59 Å². The third kappa shape index (κ3) is 5.25. The number of halogens is 1. The molecule has 27 heavy (non-hydrogen) atoms. The number of anilines is 1. The second kappa shape index (κ2) is 8.78. The molecule has 1 heterocycles. The van der Waals surface area contributed by atoms with Gasteiger partial charge >= 0.3 is 0 Å². The Morgan fingerprint density at radius 1 is 1.11 bits per heavy atom. The van der Waals surface area contributed by atoms with Crippen LogP contribution in [0.5, 0.6) is 0 Å². The molecule has 2 N–H and O–H groups in total. The molecular weight excluding hydrogens is 382 g/mol. The number of amides is 2. The zero-order valence-corrected chi connectivity index (χ0v) is 17.0. The normalized spacial score (nSPS) is 14.9. The van der Waals surface area contributed by atoms with E-state index in [1.54, 1.807) is 6.07 Å². The number of carbonyl (C=O) groups excluding carboxylic acids is 2. The second-order valence-corrected chi connectivity index (χ2v) is 8.25. The number of carbonyl (C=O) groups is 2. The summed E-state index contributed by atoms with van der Waals surface area (Å²) in [5, 5.41) is 3.53. The van der Waals surface area contributed by atoms with Gasteiger partial charge in [0.25, 0.3) is 5.91 Å². The number of nitrogens with one attached hydrogen (secondary N) is 2. The van der Waals surface area contributed by atoms with Gasteiger partial charge in [0.1, 0.15) is 0 Å². The SMILES string of the molecule is CC(=O)Nc1cc(C(=O)N2CC[NH+](C)CC2)ccc1Sc1ccc(Cl)cc1. The zero-order valence-electron chi connectivity index (χ0n) is 15.4. The van der Waals surface area contributed by atoms with E-state index in [0.717, 1.165) is 36.0 Å². The Morgan fingerprint density at radius 2 is 1.78 bits per heavy atom. The summed E-state index contributed by atoms with van der Waals surface area (Å²) in [5.74, 6) is -0.155. The van der Waals surface area contributed by atoms with Gasteiger partial charge in [-0.1, -0.05) is 23.4 Å². The van der Waals surface area contributed by atoms with Crippen molar-refractivity contribution in [1.82, 2.24) is 4.90 Å². The summed E-state index contributed by atoms with van der Waals surface area (Å²) < 4.78 is 0. The van der Waals surface area contributed by atoms with Gasteiger partial charge < -0.3 is 15.1 Å². The molecule has 142 valence electrons. The molecule has 5 nitrogen and oxygen atoms in total. The van der Waals surface area contributed by atoms with Crippen LogP contribution in [0.25, 0.3) is 0 Å². The summed E-state index contributed by atoms with van der Waals surface area (Å²) in [6, 6.07) is 13.0. The maximum absolute atomic E-state index is 12.8. The van der Waals surface area contributed by atoms with E-state index in [0.29, 0.717) is 16.3 Å². The molecule has 2 aromatic carbocycles. The van der Waals surface area contributed by atoms with Crippen molar-refractivity contribution in [2.45, 2.75) is 16.7 Å². The van der Waals surface area contributed by atoms with E-state index in [1.165, 1.54) is 23.6 Å². The second-order valence-electron chi connectivity index (χ2n) is 6.70. The van der Waals surface area contributed by atoms with Crippen LogP contribution in [0.3, 0.4) is 0 Å². The Morgan fingerprint density at radius 3 is 2.41 bits per heavy atom. The number of quaternary nitrogens is 1. The summed E-state index contributed by atoms with van der Waals surface area (Å²) in [6.45, 7) is 4.88. The van der Waals surface area contributed by atoms with E-state index in [4.69, 9.17) is 11.6 Å². The Labute approximate surface area is 168 Å². The van der Waals surface area contributed by atoms with Gasteiger partial charge in [-0.2, -0.15) is 0 Å². The molecule has 1 fully saturated rings. The van der Waals surface area contributed by atoms with E-state index in [-0.39, 0.29) is 11.8 Å². The topological polar surface area (TPSA) is 53.9 Å². The Kier molecular flexibility index (Phi) is 6.42. The molecule has 0 bridgehead atoms. The average molecular weight is 405 g/mol. The van der Waals surface area contributed by atoms with Gasteiger partial charge in [-0.3, -0.25) is 9.59 Å². The lowest BCUT2D eigenvalue weighted by atomic mass is 10.1. The quantitative estimate of drug-likeness (QED) is 0.822.